The first-order valence-electron chi connectivity index (χ1n) is 5.80. The molecule has 1 saturated carbocycles. The summed E-state index contributed by atoms with van der Waals surface area (Å²) in [7, 11) is 1.58. The second-order valence-corrected chi connectivity index (χ2v) is 5.47. The molecule has 0 heterocycles. The van der Waals surface area contributed by atoms with Crippen molar-refractivity contribution >= 4 is 0 Å². The Bertz CT molecular complexity index is 225. The highest BCUT2D eigenvalue weighted by Gasteiger charge is 2.51. The van der Waals surface area contributed by atoms with Crippen LogP contribution in [0.25, 0.3) is 0 Å². The molecule has 1 rings (SSSR count). The van der Waals surface area contributed by atoms with Crippen LogP contribution in [0.4, 0.5) is 0 Å². The van der Waals surface area contributed by atoms with Gasteiger partial charge in [0.25, 0.3) is 0 Å². The lowest BCUT2D eigenvalue weighted by Crippen LogP contribution is -2.56. The zero-order valence-corrected chi connectivity index (χ0v) is 10.7. The van der Waals surface area contributed by atoms with E-state index in [1.54, 1.807) is 7.11 Å². The van der Waals surface area contributed by atoms with Crippen molar-refractivity contribution in [2.45, 2.75) is 45.3 Å². The lowest BCUT2D eigenvalue weighted by Gasteiger charge is -2.51. The third-order valence-electron chi connectivity index (χ3n) is 4.10. The van der Waals surface area contributed by atoms with E-state index >= 15 is 0 Å². The molecule has 0 spiro atoms. The van der Waals surface area contributed by atoms with Crippen molar-refractivity contribution in [1.29, 1.82) is 0 Å². The van der Waals surface area contributed by atoms with Crippen LogP contribution in [-0.4, -0.2) is 42.4 Å². The highest BCUT2D eigenvalue weighted by molar-refractivity contribution is 5.00. The number of ether oxygens (including phenoxy) is 2. The Labute approximate surface area is 97.6 Å². The first kappa shape index (κ1) is 13.9. The van der Waals surface area contributed by atoms with Gasteiger partial charge in [-0.1, -0.05) is 13.8 Å². The molecule has 2 N–H and O–H groups in total. The summed E-state index contributed by atoms with van der Waals surface area (Å²) in [6.07, 6.45) is 1.06. The minimum absolute atomic E-state index is 0.0181. The average molecular weight is 232 g/mol. The van der Waals surface area contributed by atoms with E-state index < -0.39 is 5.60 Å². The zero-order valence-electron chi connectivity index (χ0n) is 10.7. The van der Waals surface area contributed by atoms with Crippen molar-refractivity contribution in [1.82, 2.24) is 0 Å². The standard InChI is InChI=1S/C12H24O4/c1-11(2)9(7-13)12(3,16-8-15-4)6-5-10(11)14/h9-10,13-14H,5-8H2,1-4H3/t9-,10-,12-/m0/s1. The van der Waals surface area contributed by atoms with Crippen LogP contribution in [0.15, 0.2) is 0 Å². The number of hydrogen-bond acceptors (Lipinski definition) is 4. The van der Waals surface area contributed by atoms with Crippen molar-refractivity contribution in [2.75, 3.05) is 20.5 Å². The summed E-state index contributed by atoms with van der Waals surface area (Å²) in [5.74, 6) is -0.0844. The molecule has 0 radical (unpaired) electrons. The fraction of sp³-hybridized carbons (Fsp3) is 1.00. The van der Waals surface area contributed by atoms with E-state index in [-0.39, 0.29) is 30.8 Å². The molecule has 0 bridgehead atoms. The summed E-state index contributed by atoms with van der Waals surface area (Å²) in [6, 6.07) is 0. The van der Waals surface area contributed by atoms with Gasteiger partial charge in [0.1, 0.15) is 6.79 Å². The molecule has 0 aliphatic heterocycles. The molecule has 4 nitrogen and oxygen atoms in total. The first-order chi connectivity index (χ1) is 7.38. The van der Waals surface area contributed by atoms with Crippen LogP contribution in [0.1, 0.15) is 33.6 Å². The Hall–Kier alpha value is -0.160. The van der Waals surface area contributed by atoms with Gasteiger partial charge < -0.3 is 19.7 Å². The molecule has 3 atom stereocenters. The fourth-order valence-electron chi connectivity index (χ4n) is 2.78. The van der Waals surface area contributed by atoms with Gasteiger partial charge in [0, 0.05) is 19.6 Å². The minimum atomic E-state index is -0.423. The molecule has 0 unspecified atom stereocenters. The largest absolute Gasteiger partial charge is 0.396 e. The Balaban J connectivity index is 2.85. The van der Waals surface area contributed by atoms with E-state index in [1.165, 1.54) is 0 Å². The van der Waals surface area contributed by atoms with Gasteiger partial charge in [-0.25, -0.2) is 0 Å². The number of aliphatic hydroxyl groups excluding tert-OH is 2. The topological polar surface area (TPSA) is 58.9 Å². The Kier molecular flexibility index (Phi) is 4.35. The summed E-state index contributed by atoms with van der Waals surface area (Å²) < 4.78 is 10.6. The highest BCUT2D eigenvalue weighted by Crippen LogP contribution is 2.47. The molecule has 0 amide bonds. The SMILES string of the molecule is COCO[C@@]1(C)CC[C@H](O)C(C)(C)[C@@H]1CO. The Morgan fingerprint density at radius 2 is 1.94 bits per heavy atom. The van der Waals surface area contributed by atoms with Crippen LogP contribution in [-0.2, 0) is 9.47 Å². The predicted molar refractivity (Wildman–Crippen MR) is 61.0 cm³/mol. The van der Waals surface area contributed by atoms with Crippen LogP contribution < -0.4 is 0 Å². The molecule has 0 aromatic carbocycles. The van der Waals surface area contributed by atoms with E-state index in [2.05, 4.69) is 0 Å². The fourth-order valence-corrected chi connectivity index (χ4v) is 2.78. The van der Waals surface area contributed by atoms with E-state index in [1.807, 2.05) is 20.8 Å². The maximum atomic E-state index is 10.00. The summed E-state index contributed by atoms with van der Waals surface area (Å²) in [5.41, 5.74) is -0.761. The van der Waals surface area contributed by atoms with Crippen molar-refractivity contribution in [3.63, 3.8) is 0 Å². The number of methoxy groups -OCH3 is 1. The molecular weight excluding hydrogens is 208 g/mol. The van der Waals surface area contributed by atoms with E-state index in [0.717, 1.165) is 6.42 Å². The van der Waals surface area contributed by atoms with Crippen LogP contribution >= 0.6 is 0 Å². The summed E-state index contributed by atoms with van der Waals surface area (Å²) in [4.78, 5) is 0. The first-order valence-corrected chi connectivity index (χ1v) is 5.80. The van der Waals surface area contributed by atoms with Crippen molar-refractivity contribution in [3.8, 4) is 0 Å². The van der Waals surface area contributed by atoms with E-state index in [9.17, 15) is 10.2 Å². The van der Waals surface area contributed by atoms with E-state index in [0.29, 0.717) is 6.42 Å². The minimum Gasteiger partial charge on any atom is -0.396 e. The molecule has 4 heteroatoms. The monoisotopic (exact) mass is 232 g/mol. The molecule has 1 aliphatic carbocycles. The molecule has 1 fully saturated rings. The molecule has 0 aromatic rings. The molecule has 1 aliphatic rings. The number of aliphatic hydroxyl groups is 2. The predicted octanol–water partition coefficient (Wildman–Crippen LogP) is 1.16. The second kappa shape index (κ2) is 5.00. The van der Waals surface area contributed by atoms with Crippen LogP contribution in [0.2, 0.25) is 0 Å². The number of rotatable bonds is 4. The van der Waals surface area contributed by atoms with Gasteiger partial charge >= 0.3 is 0 Å². The normalized spacial score (nSPS) is 38.6. The lowest BCUT2D eigenvalue weighted by atomic mass is 9.60. The van der Waals surface area contributed by atoms with Crippen LogP contribution in [0, 0.1) is 11.3 Å². The van der Waals surface area contributed by atoms with Gasteiger partial charge in [0.05, 0.1) is 11.7 Å². The quantitative estimate of drug-likeness (QED) is 0.714. The van der Waals surface area contributed by atoms with Crippen LogP contribution in [0.3, 0.4) is 0 Å². The maximum Gasteiger partial charge on any atom is 0.147 e. The van der Waals surface area contributed by atoms with Crippen molar-refractivity contribution in [2.24, 2.45) is 11.3 Å². The van der Waals surface area contributed by atoms with Gasteiger partial charge in [-0.2, -0.15) is 0 Å². The number of hydrogen-bond donors (Lipinski definition) is 2. The Morgan fingerprint density at radius 1 is 1.31 bits per heavy atom. The third kappa shape index (κ3) is 2.40. The van der Waals surface area contributed by atoms with Crippen molar-refractivity contribution in [3.05, 3.63) is 0 Å². The molecule has 0 saturated heterocycles. The van der Waals surface area contributed by atoms with Crippen molar-refractivity contribution < 1.29 is 19.7 Å². The highest BCUT2D eigenvalue weighted by atomic mass is 16.7. The molecule has 16 heavy (non-hydrogen) atoms. The second-order valence-electron chi connectivity index (χ2n) is 5.47. The third-order valence-corrected chi connectivity index (χ3v) is 4.10. The average Bonchev–Trinajstić information content (AvgIpc) is 2.22. The Morgan fingerprint density at radius 3 is 2.44 bits per heavy atom. The van der Waals surface area contributed by atoms with Gasteiger partial charge in [-0.3, -0.25) is 0 Å². The van der Waals surface area contributed by atoms with E-state index in [4.69, 9.17) is 9.47 Å². The maximum absolute atomic E-state index is 10.00. The van der Waals surface area contributed by atoms with Gasteiger partial charge in [0.2, 0.25) is 0 Å². The summed E-state index contributed by atoms with van der Waals surface area (Å²) in [6.45, 7) is 6.18. The summed E-state index contributed by atoms with van der Waals surface area (Å²) in [5, 5.41) is 19.5. The smallest absolute Gasteiger partial charge is 0.147 e. The van der Waals surface area contributed by atoms with Gasteiger partial charge in [-0.05, 0) is 25.2 Å². The van der Waals surface area contributed by atoms with Crippen LogP contribution in [0.5, 0.6) is 0 Å². The lowest BCUT2D eigenvalue weighted by molar-refractivity contribution is -0.214. The van der Waals surface area contributed by atoms with Gasteiger partial charge in [-0.15, -0.1) is 0 Å². The molecule has 0 aromatic heterocycles. The molecule has 96 valence electrons. The summed E-state index contributed by atoms with van der Waals surface area (Å²) >= 11 is 0. The van der Waals surface area contributed by atoms with Gasteiger partial charge in [0.15, 0.2) is 0 Å². The molecular formula is C12H24O4. The zero-order chi connectivity index (χ0) is 12.4.